The SMILES string of the molecule is COc1ccc(S(=O)(=O)CCOP(=O)(OCCS(=O)(=O)c2ccc(OC)cc2)OC[C@H]2O[C@@H](n3cc(C)c(=O)[nH]c3=O)CC2N=[N+]=[N-])cc1. The van der Waals surface area contributed by atoms with Gasteiger partial charge in [0.25, 0.3) is 5.56 Å². The third-order valence-corrected chi connectivity index (χ3v) is 12.1. The van der Waals surface area contributed by atoms with Gasteiger partial charge in [0, 0.05) is 23.1 Å². The van der Waals surface area contributed by atoms with Crippen molar-refractivity contribution in [1.29, 1.82) is 0 Å². The van der Waals surface area contributed by atoms with Crippen molar-refractivity contribution in [3.8, 4) is 11.5 Å². The Labute approximate surface area is 281 Å². The van der Waals surface area contributed by atoms with Gasteiger partial charge in [0.05, 0.1) is 67.5 Å². The number of methoxy groups -OCH3 is 2. The summed E-state index contributed by atoms with van der Waals surface area (Å²) >= 11 is 0. The first-order valence-electron chi connectivity index (χ1n) is 14.5. The van der Waals surface area contributed by atoms with Crippen molar-refractivity contribution in [1.82, 2.24) is 9.55 Å². The summed E-state index contributed by atoms with van der Waals surface area (Å²) in [6.07, 6.45) is -0.897. The standard InChI is InChI=1S/C28H34N5O13PS2/c1-19-17-33(28(35)30-27(19)34)26-16-24(31-32-29)25(46-26)18-45-47(36,43-12-14-48(37,38)22-8-4-20(41-2)5-9-22)44-13-15-49(39,40)23-10-6-21(42-3)7-11-23/h4-11,17,24-26H,12-16,18H2,1-3H3,(H,30,34,35)/t24?,25-,26-/m1/s1. The van der Waals surface area contributed by atoms with Crippen molar-refractivity contribution in [2.45, 2.75) is 41.5 Å². The summed E-state index contributed by atoms with van der Waals surface area (Å²) < 4.78 is 98.6. The number of aromatic amines is 1. The number of rotatable bonds is 17. The highest BCUT2D eigenvalue weighted by atomic mass is 32.2. The van der Waals surface area contributed by atoms with E-state index in [0.29, 0.717) is 11.5 Å². The molecule has 1 N–H and O–H groups in total. The van der Waals surface area contributed by atoms with Gasteiger partial charge >= 0.3 is 13.5 Å². The van der Waals surface area contributed by atoms with E-state index < -0.39 is 88.4 Å². The van der Waals surface area contributed by atoms with E-state index >= 15 is 0 Å². The first-order valence-corrected chi connectivity index (χ1v) is 19.3. The number of aryl methyl sites for hydroxylation is 1. The number of H-pyrrole nitrogens is 1. The maximum absolute atomic E-state index is 13.8. The average Bonchev–Trinajstić information content (AvgIpc) is 3.47. The Kier molecular flexibility index (Phi) is 12.5. The number of nitrogens with one attached hydrogen (secondary N) is 1. The van der Waals surface area contributed by atoms with Gasteiger partial charge < -0.3 is 14.2 Å². The molecule has 0 saturated carbocycles. The summed E-state index contributed by atoms with van der Waals surface area (Å²) in [5, 5.41) is 3.67. The Morgan fingerprint density at radius 3 is 1.90 bits per heavy atom. The molecule has 4 rings (SSSR count). The van der Waals surface area contributed by atoms with Crippen LogP contribution in [0.25, 0.3) is 10.4 Å². The molecule has 18 nitrogen and oxygen atoms in total. The van der Waals surface area contributed by atoms with Crippen LogP contribution in [0.15, 0.2) is 79.2 Å². The summed E-state index contributed by atoms with van der Waals surface area (Å²) in [4.78, 5) is 29.1. The molecule has 0 amide bonds. The molecular weight excluding hydrogens is 709 g/mol. The number of benzene rings is 2. The molecule has 1 saturated heterocycles. The van der Waals surface area contributed by atoms with Gasteiger partial charge in [-0.15, -0.1) is 0 Å². The van der Waals surface area contributed by atoms with Crippen LogP contribution in [0, 0.1) is 6.92 Å². The van der Waals surface area contributed by atoms with E-state index in [1.807, 2.05) is 0 Å². The predicted octanol–water partition coefficient (Wildman–Crippen LogP) is 2.93. The van der Waals surface area contributed by atoms with Crippen molar-refractivity contribution in [2.24, 2.45) is 5.11 Å². The molecule has 0 spiro atoms. The van der Waals surface area contributed by atoms with Crippen LogP contribution in [0.2, 0.25) is 0 Å². The van der Waals surface area contributed by atoms with Crippen LogP contribution in [-0.4, -0.2) is 84.1 Å². The number of ether oxygens (including phenoxy) is 3. The second-order valence-electron chi connectivity index (χ2n) is 10.5. The fourth-order valence-corrected chi connectivity index (χ4v) is 8.23. The molecule has 0 radical (unpaired) electrons. The largest absolute Gasteiger partial charge is 0.497 e. The molecule has 3 aromatic rings. The van der Waals surface area contributed by atoms with E-state index in [-0.39, 0.29) is 21.8 Å². The highest BCUT2D eigenvalue weighted by molar-refractivity contribution is 7.91. The molecule has 2 aromatic carbocycles. The molecule has 1 aliphatic rings. The van der Waals surface area contributed by atoms with Crippen LogP contribution in [0.4, 0.5) is 0 Å². The number of azide groups is 1. The zero-order valence-corrected chi connectivity index (χ0v) is 29.1. The third-order valence-electron chi connectivity index (χ3n) is 7.30. The fourth-order valence-electron chi connectivity index (χ4n) is 4.62. The zero-order chi connectivity index (χ0) is 35.8. The maximum Gasteiger partial charge on any atom is 0.474 e. The topological polar surface area (TPSA) is 244 Å². The maximum atomic E-state index is 13.8. The van der Waals surface area contributed by atoms with Gasteiger partial charge in [-0.1, -0.05) is 5.11 Å². The van der Waals surface area contributed by atoms with Crippen molar-refractivity contribution >= 4 is 27.5 Å². The lowest BCUT2D eigenvalue weighted by atomic mass is 10.1. The third kappa shape index (κ3) is 9.80. The molecule has 3 atom stereocenters. The van der Waals surface area contributed by atoms with Crippen molar-refractivity contribution in [2.75, 3.05) is 45.5 Å². The van der Waals surface area contributed by atoms with Gasteiger partial charge in [-0.05, 0) is 61.0 Å². The molecule has 21 heteroatoms. The minimum absolute atomic E-state index is 0.0320. The summed E-state index contributed by atoms with van der Waals surface area (Å²) in [6.45, 7) is -0.497. The first-order chi connectivity index (χ1) is 23.2. The van der Waals surface area contributed by atoms with Crippen LogP contribution in [-0.2, 0) is 42.5 Å². The average molecular weight is 744 g/mol. The van der Waals surface area contributed by atoms with Gasteiger partial charge in [-0.2, -0.15) is 0 Å². The highest BCUT2D eigenvalue weighted by Gasteiger charge is 2.39. The molecule has 1 fully saturated rings. The predicted molar refractivity (Wildman–Crippen MR) is 173 cm³/mol. The normalized spacial score (nSPS) is 18.1. The number of aromatic nitrogens is 2. The van der Waals surface area contributed by atoms with E-state index in [4.69, 9.17) is 33.3 Å². The number of sulfone groups is 2. The second-order valence-corrected chi connectivity index (χ2v) is 16.4. The lowest BCUT2D eigenvalue weighted by molar-refractivity contribution is -0.0299. The molecule has 0 aliphatic carbocycles. The van der Waals surface area contributed by atoms with Crippen LogP contribution >= 0.6 is 7.82 Å². The lowest BCUT2D eigenvalue weighted by Gasteiger charge is -2.21. The number of hydrogen-bond donors (Lipinski definition) is 1. The highest BCUT2D eigenvalue weighted by Crippen LogP contribution is 2.50. The van der Waals surface area contributed by atoms with Crippen molar-refractivity contribution in [3.63, 3.8) is 0 Å². The van der Waals surface area contributed by atoms with Crippen LogP contribution in [0.1, 0.15) is 18.2 Å². The number of phosphoric ester groups is 1. The number of phosphoric acid groups is 1. The summed E-state index contributed by atoms with van der Waals surface area (Å²) in [7, 11) is -9.76. The Morgan fingerprint density at radius 1 is 0.918 bits per heavy atom. The van der Waals surface area contributed by atoms with Gasteiger partial charge in [0.1, 0.15) is 17.7 Å². The van der Waals surface area contributed by atoms with Crippen molar-refractivity contribution < 1.29 is 49.2 Å². The quantitative estimate of drug-likeness (QED) is 0.0906. The van der Waals surface area contributed by atoms with Gasteiger partial charge in [-0.25, -0.2) is 26.2 Å². The minimum Gasteiger partial charge on any atom is -0.497 e. The Bertz CT molecular complexity index is 1960. The molecule has 1 aromatic heterocycles. The van der Waals surface area contributed by atoms with E-state index in [9.17, 15) is 31.0 Å². The molecule has 1 aliphatic heterocycles. The summed E-state index contributed by atoms with van der Waals surface area (Å²) in [5.74, 6) is -0.445. The molecule has 49 heavy (non-hydrogen) atoms. The van der Waals surface area contributed by atoms with Gasteiger partial charge in [0.15, 0.2) is 19.7 Å². The Balaban J connectivity index is 1.49. The Hall–Kier alpha value is -4.00. The summed E-state index contributed by atoms with van der Waals surface area (Å²) in [5.41, 5.74) is 7.95. The smallest absolute Gasteiger partial charge is 0.474 e. The van der Waals surface area contributed by atoms with Gasteiger partial charge in [0.2, 0.25) is 0 Å². The molecule has 1 unspecified atom stereocenters. The van der Waals surface area contributed by atoms with Crippen LogP contribution < -0.4 is 20.7 Å². The first kappa shape index (κ1) is 37.8. The van der Waals surface area contributed by atoms with E-state index in [1.165, 1.54) is 75.9 Å². The van der Waals surface area contributed by atoms with Gasteiger partial charge in [-0.3, -0.25) is 27.9 Å². The molecule has 2 heterocycles. The number of hydrogen-bond acceptors (Lipinski definition) is 14. The van der Waals surface area contributed by atoms with E-state index in [1.54, 1.807) is 0 Å². The monoisotopic (exact) mass is 743 g/mol. The zero-order valence-electron chi connectivity index (χ0n) is 26.5. The molecular formula is C28H34N5O13PS2. The molecule has 266 valence electrons. The lowest BCUT2D eigenvalue weighted by Crippen LogP contribution is -2.33. The van der Waals surface area contributed by atoms with E-state index in [0.717, 1.165) is 4.57 Å². The van der Waals surface area contributed by atoms with Crippen LogP contribution in [0.5, 0.6) is 11.5 Å². The Morgan fingerprint density at radius 2 is 1.43 bits per heavy atom. The number of nitrogens with zero attached hydrogens (tertiary/aromatic N) is 4. The van der Waals surface area contributed by atoms with Crippen LogP contribution in [0.3, 0.4) is 0 Å². The fraction of sp³-hybridized carbons (Fsp3) is 0.429. The summed E-state index contributed by atoms with van der Waals surface area (Å²) in [6, 6.07) is 10.1. The molecule has 0 bridgehead atoms. The second kappa shape index (κ2) is 16.1. The minimum atomic E-state index is -4.71. The van der Waals surface area contributed by atoms with Crippen molar-refractivity contribution in [3.05, 3.63) is 91.6 Å². The van der Waals surface area contributed by atoms with E-state index in [2.05, 4.69) is 15.0 Å².